The first-order valence-electron chi connectivity index (χ1n) is 5.97. The number of benzene rings is 1. The van der Waals surface area contributed by atoms with Crippen molar-refractivity contribution in [3.63, 3.8) is 0 Å². The van der Waals surface area contributed by atoms with Crippen LogP contribution in [0.3, 0.4) is 0 Å². The lowest BCUT2D eigenvalue weighted by molar-refractivity contribution is -0.123. The number of imide groups is 1. The van der Waals surface area contributed by atoms with Gasteiger partial charge in [0.2, 0.25) is 0 Å². The molecule has 0 bridgehead atoms. The van der Waals surface area contributed by atoms with Gasteiger partial charge in [-0.3, -0.25) is 4.79 Å². The van der Waals surface area contributed by atoms with Crippen LogP contribution >= 0.6 is 0 Å². The normalized spacial score (nSPS) is 10.2. The second-order valence-electron chi connectivity index (χ2n) is 5.10. The molecule has 0 N–H and O–H groups in total. The van der Waals surface area contributed by atoms with Gasteiger partial charge in [0.15, 0.2) is 0 Å². The molecule has 0 aromatic heterocycles. The Labute approximate surface area is 117 Å². The Morgan fingerprint density at radius 3 is 2.25 bits per heavy atom. The summed E-state index contributed by atoms with van der Waals surface area (Å²) in [6.07, 6.45) is -0.768. The average Bonchev–Trinajstić information content (AvgIpc) is 2.34. The van der Waals surface area contributed by atoms with Crippen LogP contribution in [0.4, 0.5) is 9.18 Å². The number of amides is 2. The Balaban J connectivity index is 2.72. The highest BCUT2D eigenvalue weighted by Crippen LogP contribution is 2.09. The molecule has 0 aliphatic heterocycles. The molecule has 1 rings (SSSR count). The van der Waals surface area contributed by atoms with Gasteiger partial charge in [0, 0.05) is 18.5 Å². The molecule has 20 heavy (non-hydrogen) atoms. The lowest BCUT2D eigenvalue weighted by Crippen LogP contribution is -2.37. The maximum Gasteiger partial charge on any atom is 0.417 e. The molecule has 0 unspecified atom stereocenters. The third kappa shape index (κ3) is 5.11. The summed E-state index contributed by atoms with van der Waals surface area (Å²) in [5.41, 5.74) is -0.201. The minimum absolute atomic E-state index is 0.382. The predicted octanol–water partition coefficient (Wildman–Crippen LogP) is 2.57. The van der Waals surface area contributed by atoms with Crippen molar-refractivity contribution < 1.29 is 18.7 Å². The Morgan fingerprint density at radius 1 is 1.20 bits per heavy atom. The van der Waals surface area contributed by atoms with Crippen molar-refractivity contribution in [2.24, 2.45) is 0 Å². The van der Waals surface area contributed by atoms with Crippen LogP contribution in [0.5, 0.6) is 0 Å². The van der Waals surface area contributed by atoms with Crippen molar-refractivity contribution in [2.45, 2.75) is 26.4 Å². The van der Waals surface area contributed by atoms with Gasteiger partial charge in [-0.25, -0.2) is 14.1 Å². The van der Waals surface area contributed by atoms with Gasteiger partial charge < -0.3 is 4.74 Å². The van der Waals surface area contributed by atoms with E-state index in [1.807, 2.05) is 0 Å². The summed E-state index contributed by atoms with van der Waals surface area (Å²) in [6.45, 7) is 5.11. The highest BCUT2D eigenvalue weighted by molar-refractivity contribution is 6.02. The van der Waals surface area contributed by atoms with Crippen LogP contribution in [0.25, 0.3) is 0 Å². The van der Waals surface area contributed by atoms with Gasteiger partial charge in [-0.05, 0) is 45.0 Å². The second-order valence-corrected chi connectivity index (χ2v) is 5.10. The Kier molecular flexibility index (Phi) is 4.87. The van der Waals surface area contributed by atoms with Crippen LogP contribution in [-0.4, -0.2) is 29.5 Å². The van der Waals surface area contributed by atoms with Crippen LogP contribution in [-0.2, 0) is 9.53 Å². The Morgan fingerprint density at radius 2 is 1.75 bits per heavy atom. The molecule has 0 atom stereocenters. The van der Waals surface area contributed by atoms with Crippen molar-refractivity contribution in [3.05, 3.63) is 35.6 Å². The van der Waals surface area contributed by atoms with Crippen molar-refractivity contribution in [3.8, 4) is 11.8 Å². The predicted molar refractivity (Wildman–Crippen MR) is 72.3 cm³/mol. The van der Waals surface area contributed by atoms with Gasteiger partial charge in [0.1, 0.15) is 11.4 Å². The van der Waals surface area contributed by atoms with Gasteiger partial charge in [-0.1, -0.05) is 5.92 Å². The van der Waals surface area contributed by atoms with E-state index in [1.165, 1.54) is 31.3 Å². The number of rotatable bonds is 0. The number of hydrogen-bond acceptors (Lipinski definition) is 3. The van der Waals surface area contributed by atoms with E-state index in [0.717, 1.165) is 4.90 Å². The van der Waals surface area contributed by atoms with Crippen molar-refractivity contribution in [1.82, 2.24) is 4.90 Å². The Hall–Kier alpha value is -2.35. The van der Waals surface area contributed by atoms with E-state index in [9.17, 15) is 14.0 Å². The summed E-state index contributed by atoms with van der Waals surface area (Å²) >= 11 is 0. The summed E-state index contributed by atoms with van der Waals surface area (Å²) in [4.78, 5) is 24.1. The topological polar surface area (TPSA) is 46.6 Å². The minimum atomic E-state index is -0.768. The van der Waals surface area contributed by atoms with Crippen LogP contribution < -0.4 is 0 Å². The van der Waals surface area contributed by atoms with Gasteiger partial charge in [0.25, 0.3) is 0 Å². The van der Waals surface area contributed by atoms with Gasteiger partial charge in [-0.15, -0.1) is 0 Å². The Bertz CT molecular complexity index is 562. The number of carbonyl (C=O) groups is 2. The summed E-state index contributed by atoms with van der Waals surface area (Å²) in [5.74, 6) is 3.78. The number of ether oxygens (including phenoxy) is 1. The minimum Gasteiger partial charge on any atom is -0.443 e. The number of carbonyl (C=O) groups excluding carboxylic acids is 2. The molecular formula is C15H16FNO3. The highest BCUT2D eigenvalue weighted by atomic mass is 19.1. The van der Waals surface area contributed by atoms with Crippen molar-refractivity contribution in [1.29, 1.82) is 0 Å². The first-order valence-corrected chi connectivity index (χ1v) is 5.97. The molecule has 106 valence electrons. The molecule has 0 aliphatic rings. The van der Waals surface area contributed by atoms with E-state index in [0.29, 0.717) is 5.56 Å². The molecule has 1 aromatic carbocycles. The second kappa shape index (κ2) is 6.20. The zero-order chi connectivity index (χ0) is 15.3. The molecule has 5 heteroatoms. The molecule has 0 saturated carbocycles. The van der Waals surface area contributed by atoms with E-state index in [4.69, 9.17) is 4.74 Å². The maximum atomic E-state index is 12.7. The van der Waals surface area contributed by atoms with Crippen LogP contribution in [0.1, 0.15) is 26.3 Å². The third-order valence-electron chi connectivity index (χ3n) is 2.13. The number of halogens is 1. The zero-order valence-corrected chi connectivity index (χ0v) is 11.9. The van der Waals surface area contributed by atoms with Crippen molar-refractivity contribution >= 4 is 12.0 Å². The van der Waals surface area contributed by atoms with Gasteiger partial charge in [-0.2, -0.15) is 0 Å². The molecule has 0 spiro atoms. The lowest BCUT2D eigenvalue weighted by Gasteiger charge is -2.22. The third-order valence-corrected chi connectivity index (χ3v) is 2.13. The SMILES string of the molecule is CN(C(=O)C#Cc1ccc(F)cc1)C(=O)OC(C)(C)C. The standard InChI is InChI=1S/C15H16FNO3/c1-15(2,3)20-14(19)17(4)13(18)10-7-11-5-8-12(16)9-6-11/h5-6,8-9H,1-4H3. The lowest BCUT2D eigenvalue weighted by atomic mass is 10.2. The molecule has 0 heterocycles. The van der Waals surface area contributed by atoms with E-state index in [2.05, 4.69) is 11.8 Å². The molecule has 2 amide bonds. The van der Waals surface area contributed by atoms with Crippen LogP contribution in [0.2, 0.25) is 0 Å². The van der Waals surface area contributed by atoms with E-state index < -0.39 is 17.6 Å². The molecule has 0 saturated heterocycles. The highest BCUT2D eigenvalue weighted by Gasteiger charge is 2.22. The average molecular weight is 277 g/mol. The molecular weight excluding hydrogens is 261 g/mol. The summed E-state index contributed by atoms with van der Waals surface area (Å²) in [7, 11) is 1.29. The zero-order valence-electron chi connectivity index (χ0n) is 11.9. The number of nitrogens with zero attached hydrogens (tertiary/aromatic N) is 1. The van der Waals surface area contributed by atoms with E-state index in [-0.39, 0.29) is 5.82 Å². The molecule has 0 radical (unpaired) electrons. The fourth-order valence-electron chi connectivity index (χ4n) is 1.16. The van der Waals surface area contributed by atoms with Gasteiger partial charge >= 0.3 is 12.0 Å². The van der Waals surface area contributed by atoms with E-state index >= 15 is 0 Å². The fourth-order valence-corrected chi connectivity index (χ4v) is 1.16. The summed E-state index contributed by atoms with van der Waals surface area (Å²) in [5, 5.41) is 0. The van der Waals surface area contributed by atoms with Crippen molar-refractivity contribution in [2.75, 3.05) is 7.05 Å². The molecule has 0 fully saturated rings. The van der Waals surface area contributed by atoms with E-state index in [1.54, 1.807) is 20.8 Å². The summed E-state index contributed by atoms with van der Waals surface area (Å²) < 4.78 is 17.7. The largest absolute Gasteiger partial charge is 0.443 e. The summed E-state index contributed by atoms with van der Waals surface area (Å²) in [6, 6.07) is 5.38. The molecule has 1 aromatic rings. The maximum absolute atomic E-state index is 12.7. The van der Waals surface area contributed by atoms with Gasteiger partial charge in [0.05, 0.1) is 0 Å². The number of hydrogen-bond donors (Lipinski definition) is 0. The monoisotopic (exact) mass is 277 g/mol. The smallest absolute Gasteiger partial charge is 0.417 e. The fraction of sp³-hybridized carbons (Fsp3) is 0.333. The molecule has 4 nitrogen and oxygen atoms in total. The van der Waals surface area contributed by atoms with Crippen LogP contribution in [0.15, 0.2) is 24.3 Å². The first-order chi connectivity index (χ1) is 9.19. The van der Waals surface area contributed by atoms with Crippen LogP contribution in [0, 0.1) is 17.7 Å². The molecule has 0 aliphatic carbocycles. The first kappa shape index (κ1) is 15.7. The quantitative estimate of drug-likeness (QED) is 0.685.